The van der Waals surface area contributed by atoms with Gasteiger partial charge in [0.2, 0.25) is 0 Å². The highest BCUT2D eigenvalue weighted by Gasteiger charge is 1.99. The first-order chi connectivity index (χ1) is 6.67. The minimum absolute atomic E-state index is 0.573. The molecule has 0 heterocycles. The van der Waals surface area contributed by atoms with Crippen molar-refractivity contribution in [3.63, 3.8) is 0 Å². The zero-order valence-electron chi connectivity index (χ0n) is 8.38. The lowest BCUT2D eigenvalue weighted by molar-refractivity contribution is 0.414. The summed E-state index contributed by atoms with van der Waals surface area (Å²) in [6.45, 7) is 2.58. The minimum atomic E-state index is 0.573. The topological polar surface area (TPSA) is 35.2 Å². The normalized spacial score (nSPS) is 11.6. The third-order valence-corrected chi connectivity index (χ3v) is 2.65. The Morgan fingerprint density at radius 1 is 1.57 bits per heavy atom. The predicted octanol–water partition coefficient (Wildman–Crippen LogP) is 2.82. The summed E-state index contributed by atoms with van der Waals surface area (Å²) in [5, 5.41) is 0. The van der Waals surface area contributed by atoms with Gasteiger partial charge in [0.1, 0.15) is 5.75 Å². The molecule has 0 aliphatic carbocycles. The van der Waals surface area contributed by atoms with Crippen LogP contribution in [-0.2, 0) is 0 Å². The zero-order valence-corrected chi connectivity index (χ0v) is 9.97. The van der Waals surface area contributed by atoms with E-state index in [1.165, 1.54) is 0 Å². The van der Waals surface area contributed by atoms with Gasteiger partial charge in [0.25, 0.3) is 0 Å². The third kappa shape index (κ3) is 2.86. The van der Waals surface area contributed by atoms with E-state index in [1.807, 2.05) is 31.2 Å². The Morgan fingerprint density at radius 3 is 2.86 bits per heavy atom. The van der Waals surface area contributed by atoms with Crippen LogP contribution in [0, 0.1) is 0 Å². The summed E-state index contributed by atoms with van der Waals surface area (Å²) in [7, 11) is 1.66. The Hall–Kier alpha value is -0.800. The van der Waals surface area contributed by atoms with E-state index in [9.17, 15) is 0 Å². The smallest absolute Gasteiger partial charge is 0.119 e. The molecule has 3 heteroatoms. The number of nitrogens with two attached hydrogens (primary N) is 1. The fourth-order valence-electron chi connectivity index (χ4n) is 1.08. The number of hydrogen-bond acceptors (Lipinski definition) is 2. The molecule has 0 radical (unpaired) electrons. The number of benzene rings is 1. The van der Waals surface area contributed by atoms with Crippen LogP contribution in [0.1, 0.15) is 12.5 Å². The van der Waals surface area contributed by atoms with Gasteiger partial charge >= 0.3 is 0 Å². The monoisotopic (exact) mass is 255 g/mol. The van der Waals surface area contributed by atoms with Crippen LogP contribution in [0.5, 0.6) is 5.75 Å². The van der Waals surface area contributed by atoms with Crippen molar-refractivity contribution in [2.75, 3.05) is 13.7 Å². The zero-order chi connectivity index (χ0) is 10.6. The van der Waals surface area contributed by atoms with Gasteiger partial charge in [0.15, 0.2) is 0 Å². The average Bonchev–Trinajstić information content (AvgIpc) is 2.21. The molecule has 0 amide bonds. The molecule has 14 heavy (non-hydrogen) atoms. The van der Waals surface area contributed by atoms with E-state index in [0.717, 1.165) is 21.4 Å². The van der Waals surface area contributed by atoms with Crippen molar-refractivity contribution in [2.24, 2.45) is 5.73 Å². The summed E-state index contributed by atoms with van der Waals surface area (Å²) in [6.07, 6.45) is 2.05. The van der Waals surface area contributed by atoms with E-state index in [2.05, 4.69) is 15.9 Å². The predicted molar refractivity (Wildman–Crippen MR) is 63.4 cm³/mol. The lowest BCUT2D eigenvalue weighted by Gasteiger charge is -2.04. The van der Waals surface area contributed by atoms with Crippen molar-refractivity contribution < 1.29 is 4.74 Å². The van der Waals surface area contributed by atoms with Crippen LogP contribution in [0.15, 0.2) is 28.2 Å². The first kappa shape index (κ1) is 11.3. The maximum absolute atomic E-state index is 5.53. The van der Waals surface area contributed by atoms with Crippen molar-refractivity contribution in [3.8, 4) is 5.75 Å². The third-order valence-electron chi connectivity index (χ3n) is 1.93. The van der Waals surface area contributed by atoms with Crippen LogP contribution in [0.25, 0.3) is 6.08 Å². The maximum Gasteiger partial charge on any atom is 0.119 e. The minimum Gasteiger partial charge on any atom is -0.497 e. The molecule has 0 aliphatic rings. The Morgan fingerprint density at radius 2 is 2.29 bits per heavy atom. The van der Waals surface area contributed by atoms with E-state index < -0.39 is 0 Å². The Labute approximate surface area is 92.9 Å². The molecule has 0 unspecified atom stereocenters. The number of ether oxygens (including phenoxy) is 1. The fraction of sp³-hybridized carbons (Fsp3) is 0.273. The Bertz CT molecular complexity index is 347. The van der Waals surface area contributed by atoms with Gasteiger partial charge in [-0.05, 0) is 30.7 Å². The first-order valence-electron chi connectivity index (χ1n) is 4.38. The molecule has 2 N–H and O–H groups in total. The molecule has 0 bridgehead atoms. The molecule has 76 valence electrons. The van der Waals surface area contributed by atoms with Crippen molar-refractivity contribution >= 4 is 22.0 Å². The van der Waals surface area contributed by atoms with E-state index in [0.29, 0.717) is 6.54 Å². The van der Waals surface area contributed by atoms with Gasteiger partial charge in [-0.15, -0.1) is 0 Å². The summed E-state index contributed by atoms with van der Waals surface area (Å²) in [5.41, 5.74) is 7.75. The van der Waals surface area contributed by atoms with Crippen LogP contribution in [0.2, 0.25) is 0 Å². The van der Waals surface area contributed by atoms with Gasteiger partial charge in [-0.25, -0.2) is 0 Å². The largest absolute Gasteiger partial charge is 0.497 e. The van der Waals surface area contributed by atoms with Crippen molar-refractivity contribution in [1.82, 2.24) is 0 Å². The summed E-state index contributed by atoms with van der Waals surface area (Å²) in [6, 6.07) is 5.86. The highest BCUT2D eigenvalue weighted by atomic mass is 79.9. The van der Waals surface area contributed by atoms with Gasteiger partial charge < -0.3 is 10.5 Å². The quantitative estimate of drug-likeness (QED) is 0.902. The second-order valence-electron chi connectivity index (χ2n) is 3.08. The summed E-state index contributed by atoms with van der Waals surface area (Å²) < 4.78 is 6.19. The van der Waals surface area contributed by atoms with Crippen molar-refractivity contribution in [3.05, 3.63) is 33.8 Å². The van der Waals surface area contributed by atoms with E-state index in [1.54, 1.807) is 7.11 Å². The van der Waals surface area contributed by atoms with Crippen molar-refractivity contribution in [2.45, 2.75) is 6.92 Å². The lowest BCUT2D eigenvalue weighted by atomic mass is 10.1. The van der Waals surface area contributed by atoms with Crippen LogP contribution >= 0.6 is 15.9 Å². The second kappa shape index (κ2) is 5.17. The highest BCUT2D eigenvalue weighted by molar-refractivity contribution is 9.10. The SMILES string of the molecule is COc1ccc(Br)c(/C=C(/C)CN)c1. The van der Waals surface area contributed by atoms with E-state index >= 15 is 0 Å². The standard InChI is InChI=1S/C11H14BrNO/c1-8(7-13)5-9-6-10(14-2)3-4-11(9)12/h3-6H,7,13H2,1-2H3/b8-5-. The van der Waals surface area contributed by atoms with E-state index in [4.69, 9.17) is 10.5 Å². The fourth-order valence-corrected chi connectivity index (χ4v) is 1.44. The van der Waals surface area contributed by atoms with Crippen LogP contribution in [0.4, 0.5) is 0 Å². The molecule has 1 rings (SSSR count). The molecule has 1 aromatic carbocycles. The summed E-state index contributed by atoms with van der Waals surface area (Å²) >= 11 is 3.48. The number of methoxy groups -OCH3 is 1. The van der Waals surface area contributed by atoms with Crippen LogP contribution in [-0.4, -0.2) is 13.7 Å². The Balaban J connectivity index is 3.06. The van der Waals surface area contributed by atoms with Gasteiger partial charge in [0, 0.05) is 11.0 Å². The maximum atomic E-state index is 5.53. The number of hydrogen-bond donors (Lipinski definition) is 1. The molecule has 0 spiro atoms. The number of rotatable bonds is 3. The summed E-state index contributed by atoms with van der Waals surface area (Å²) in [5.74, 6) is 0.851. The first-order valence-corrected chi connectivity index (χ1v) is 5.17. The van der Waals surface area contributed by atoms with Crippen LogP contribution < -0.4 is 10.5 Å². The second-order valence-corrected chi connectivity index (χ2v) is 3.94. The van der Waals surface area contributed by atoms with Gasteiger partial charge in [-0.3, -0.25) is 0 Å². The van der Waals surface area contributed by atoms with Crippen molar-refractivity contribution in [1.29, 1.82) is 0 Å². The molecule has 0 aliphatic heterocycles. The molecule has 0 saturated heterocycles. The van der Waals surface area contributed by atoms with Gasteiger partial charge in [0.05, 0.1) is 7.11 Å². The Kier molecular flexibility index (Phi) is 4.17. The van der Waals surface area contributed by atoms with Gasteiger partial charge in [-0.2, -0.15) is 0 Å². The average molecular weight is 256 g/mol. The van der Waals surface area contributed by atoms with E-state index in [-0.39, 0.29) is 0 Å². The molecule has 0 saturated carbocycles. The molecule has 0 atom stereocenters. The highest BCUT2D eigenvalue weighted by Crippen LogP contribution is 2.24. The molecular formula is C11H14BrNO. The van der Waals surface area contributed by atoms with Crippen LogP contribution in [0.3, 0.4) is 0 Å². The summed E-state index contributed by atoms with van der Waals surface area (Å²) in [4.78, 5) is 0. The number of halogens is 1. The molecule has 0 aromatic heterocycles. The van der Waals surface area contributed by atoms with Gasteiger partial charge in [-0.1, -0.05) is 27.6 Å². The molecule has 0 fully saturated rings. The molecule has 1 aromatic rings. The lowest BCUT2D eigenvalue weighted by Crippen LogP contribution is -1.99. The molecular weight excluding hydrogens is 242 g/mol. The molecule has 2 nitrogen and oxygen atoms in total.